The topological polar surface area (TPSA) is 47.5 Å². The Morgan fingerprint density at radius 1 is 0.880 bits per heavy atom. The van der Waals surface area contributed by atoms with Gasteiger partial charge in [0.2, 0.25) is 5.95 Å². The molecule has 2 aromatic carbocycles. The van der Waals surface area contributed by atoms with Gasteiger partial charge in [-0.15, -0.1) is 0 Å². The van der Waals surface area contributed by atoms with Crippen LogP contribution in [0.25, 0.3) is 0 Å². The van der Waals surface area contributed by atoms with E-state index in [9.17, 15) is 0 Å². The van der Waals surface area contributed by atoms with Gasteiger partial charge >= 0.3 is 0 Å². The van der Waals surface area contributed by atoms with E-state index in [1.54, 1.807) is 25.6 Å². The first-order chi connectivity index (χ1) is 12.3. The first-order valence-corrected chi connectivity index (χ1v) is 8.08. The first kappa shape index (κ1) is 16.8. The van der Waals surface area contributed by atoms with Gasteiger partial charge in [0.05, 0.1) is 7.11 Å². The third-order valence-electron chi connectivity index (χ3n) is 3.78. The van der Waals surface area contributed by atoms with Gasteiger partial charge in [-0.05, 0) is 29.3 Å². The minimum atomic E-state index is 0.508. The fraction of sp³-hybridized carbons (Fsp3) is 0.200. The highest BCUT2D eigenvalue weighted by atomic mass is 16.5. The lowest BCUT2D eigenvalue weighted by atomic mass is 10.2. The Morgan fingerprint density at radius 3 is 2.36 bits per heavy atom. The van der Waals surface area contributed by atoms with E-state index in [1.165, 1.54) is 0 Å². The molecule has 0 N–H and O–H groups in total. The normalized spacial score (nSPS) is 10.3. The summed E-state index contributed by atoms with van der Waals surface area (Å²) in [6.07, 6.45) is 3.47. The second-order valence-corrected chi connectivity index (χ2v) is 5.66. The Balaban J connectivity index is 1.69. The summed E-state index contributed by atoms with van der Waals surface area (Å²) in [5.41, 5.74) is 2.22. The lowest BCUT2D eigenvalue weighted by molar-refractivity contribution is 0.284. The van der Waals surface area contributed by atoms with E-state index in [2.05, 4.69) is 9.97 Å². The summed E-state index contributed by atoms with van der Waals surface area (Å²) in [4.78, 5) is 10.5. The molecule has 0 atom stereocenters. The van der Waals surface area contributed by atoms with E-state index in [1.807, 2.05) is 60.5 Å². The minimum absolute atomic E-state index is 0.508. The molecular formula is C20H21N3O2. The van der Waals surface area contributed by atoms with Crippen LogP contribution in [0.1, 0.15) is 11.1 Å². The van der Waals surface area contributed by atoms with Gasteiger partial charge in [0.15, 0.2) is 11.5 Å². The van der Waals surface area contributed by atoms with Crippen LogP contribution in [0.15, 0.2) is 67.0 Å². The van der Waals surface area contributed by atoms with Crippen LogP contribution in [0.3, 0.4) is 0 Å². The van der Waals surface area contributed by atoms with Crippen molar-refractivity contribution in [3.05, 3.63) is 78.1 Å². The van der Waals surface area contributed by atoms with Gasteiger partial charge in [0.25, 0.3) is 0 Å². The maximum absolute atomic E-state index is 5.90. The van der Waals surface area contributed by atoms with E-state index in [0.717, 1.165) is 22.6 Å². The molecule has 5 heteroatoms. The van der Waals surface area contributed by atoms with Gasteiger partial charge in [-0.2, -0.15) is 0 Å². The quantitative estimate of drug-likeness (QED) is 0.659. The Bertz CT molecular complexity index is 795. The molecular weight excluding hydrogens is 314 g/mol. The maximum Gasteiger partial charge on any atom is 0.225 e. The Morgan fingerprint density at radius 2 is 1.64 bits per heavy atom. The van der Waals surface area contributed by atoms with Gasteiger partial charge in [0.1, 0.15) is 6.61 Å². The van der Waals surface area contributed by atoms with Crippen molar-refractivity contribution in [2.75, 3.05) is 19.1 Å². The molecule has 0 fully saturated rings. The van der Waals surface area contributed by atoms with Crippen molar-refractivity contribution in [2.45, 2.75) is 13.2 Å². The van der Waals surface area contributed by atoms with Gasteiger partial charge < -0.3 is 14.4 Å². The lowest BCUT2D eigenvalue weighted by Gasteiger charge is -2.18. The van der Waals surface area contributed by atoms with Crippen molar-refractivity contribution in [1.29, 1.82) is 0 Å². The molecule has 1 aromatic heterocycles. The molecule has 0 amide bonds. The third-order valence-corrected chi connectivity index (χ3v) is 3.78. The van der Waals surface area contributed by atoms with E-state index in [0.29, 0.717) is 19.1 Å². The molecule has 3 rings (SSSR count). The predicted octanol–water partition coefficient (Wildman–Crippen LogP) is 3.70. The van der Waals surface area contributed by atoms with Crippen LogP contribution >= 0.6 is 0 Å². The summed E-state index contributed by atoms with van der Waals surface area (Å²) in [6.45, 7) is 1.19. The zero-order valence-corrected chi connectivity index (χ0v) is 14.4. The van der Waals surface area contributed by atoms with Crippen molar-refractivity contribution in [2.24, 2.45) is 0 Å². The van der Waals surface area contributed by atoms with Crippen molar-refractivity contribution < 1.29 is 9.47 Å². The zero-order valence-electron chi connectivity index (χ0n) is 14.4. The second-order valence-electron chi connectivity index (χ2n) is 5.66. The number of anilines is 1. The average Bonchev–Trinajstić information content (AvgIpc) is 2.68. The summed E-state index contributed by atoms with van der Waals surface area (Å²) in [5.74, 6) is 2.13. The summed E-state index contributed by atoms with van der Waals surface area (Å²) in [6, 6.07) is 17.8. The molecule has 0 saturated carbocycles. The molecule has 0 unspecified atom stereocenters. The van der Waals surface area contributed by atoms with Crippen LogP contribution in [0.5, 0.6) is 11.5 Å². The number of rotatable bonds is 7. The molecule has 25 heavy (non-hydrogen) atoms. The number of aromatic nitrogens is 2. The smallest absolute Gasteiger partial charge is 0.225 e. The highest BCUT2D eigenvalue weighted by Gasteiger charge is 2.09. The number of ether oxygens (including phenoxy) is 2. The molecule has 0 aliphatic carbocycles. The number of hydrogen-bond acceptors (Lipinski definition) is 5. The number of benzene rings is 2. The lowest BCUT2D eigenvalue weighted by Crippen LogP contribution is -2.18. The van der Waals surface area contributed by atoms with E-state index < -0.39 is 0 Å². The van der Waals surface area contributed by atoms with E-state index >= 15 is 0 Å². The molecule has 0 spiro atoms. The molecule has 3 aromatic rings. The Kier molecular flexibility index (Phi) is 5.46. The zero-order chi connectivity index (χ0) is 17.5. The van der Waals surface area contributed by atoms with Crippen LogP contribution < -0.4 is 14.4 Å². The summed E-state index contributed by atoms with van der Waals surface area (Å²) < 4.78 is 11.4. The minimum Gasteiger partial charge on any atom is -0.493 e. The molecule has 1 heterocycles. The third kappa shape index (κ3) is 4.47. The number of nitrogens with zero attached hydrogens (tertiary/aromatic N) is 3. The standard InChI is InChI=1S/C20H21N3O2/c1-23(20-21-11-6-12-22-20)14-17-9-10-18(19(13-17)24-2)25-15-16-7-4-3-5-8-16/h3-13H,14-15H2,1-2H3. The number of methoxy groups -OCH3 is 1. The largest absolute Gasteiger partial charge is 0.493 e. The molecule has 0 saturated heterocycles. The molecule has 128 valence electrons. The fourth-order valence-electron chi connectivity index (χ4n) is 2.50. The van der Waals surface area contributed by atoms with E-state index in [-0.39, 0.29) is 0 Å². The average molecular weight is 335 g/mol. The highest BCUT2D eigenvalue weighted by molar-refractivity contribution is 5.44. The summed E-state index contributed by atoms with van der Waals surface area (Å²) in [5, 5.41) is 0. The van der Waals surface area contributed by atoms with Crippen LogP contribution in [0, 0.1) is 0 Å². The Labute approximate surface area is 147 Å². The summed E-state index contributed by atoms with van der Waals surface area (Å²) >= 11 is 0. The van der Waals surface area contributed by atoms with Crippen molar-refractivity contribution >= 4 is 5.95 Å². The second kappa shape index (κ2) is 8.15. The predicted molar refractivity (Wildman–Crippen MR) is 97.9 cm³/mol. The molecule has 5 nitrogen and oxygen atoms in total. The van der Waals surface area contributed by atoms with Crippen LogP contribution in [-0.2, 0) is 13.2 Å². The van der Waals surface area contributed by atoms with Crippen molar-refractivity contribution in [3.8, 4) is 11.5 Å². The van der Waals surface area contributed by atoms with Crippen LogP contribution in [0.2, 0.25) is 0 Å². The van der Waals surface area contributed by atoms with Crippen LogP contribution in [-0.4, -0.2) is 24.1 Å². The molecule has 0 aliphatic heterocycles. The monoisotopic (exact) mass is 335 g/mol. The van der Waals surface area contributed by atoms with Gasteiger partial charge in [0, 0.05) is 26.0 Å². The highest BCUT2D eigenvalue weighted by Crippen LogP contribution is 2.29. The van der Waals surface area contributed by atoms with Crippen molar-refractivity contribution in [1.82, 2.24) is 9.97 Å². The maximum atomic E-state index is 5.90. The van der Waals surface area contributed by atoms with Gasteiger partial charge in [-0.1, -0.05) is 36.4 Å². The molecule has 0 radical (unpaired) electrons. The number of hydrogen-bond donors (Lipinski definition) is 0. The van der Waals surface area contributed by atoms with Crippen molar-refractivity contribution in [3.63, 3.8) is 0 Å². The van der Waals surface area contributed by atoms with Crippen LogP contribution in [0.4, 0.5) is 5.95 Å². The molecule has 0 bridgehead atoms. The Hall–Kier alpha value is -3.08. The van der Waals surface area contributed by atoms with E-state index in [4.69, 9.17) is 9.47 Å². The summed E-state index contributed by atoms with van der Waals surface area (Å²) in [7, 11) is 3.61. The first-order valence-electron chi connectivity index (χ1n) is 8.08. The SMILES string of the molecule is COc1cc(CN(C)c2ncccn2)ccc1OCc1ccccc1. The fourth-order valence-corrected chi connectivity index (χ4v) is 2.50. The van der Waals surface area contributed by atoms with Gasteiger partial charge in [-0.3, -0.25) is 0 Å². The molecule has 0 aliphatic rings. The van der Waals surface area contributed by atoms with Gasteiger partial charge in [-0.25, -0.2) is 9.97 Å².